The molecule has 1 atom stereocenters. The van der Waals surface area contributed by atoms with Crippen LogP contribution in [0.5, 0.6) is 0 Å². The van der Waals surface area contributed by atoms with Crippen molar-refractivity contribution in [2.75, 3.05) is 33.2 Å². The zero-order valence-electron chi connectivity index (χ0n) is 12.3. The average Bonchev–Trinajstić information content (AvgIpc) is 2.34. The van der Waals surface area contributed by atoms with E-state index in [4.69, 9.17) is 5.26 Å². The lowest BCUT2D eigenvalue weighted by Gasteiger charge is -2.29. The molecule has 0 aromatic carbocycles. The largest absolute Gasteiger partial charge is 0.316 e. The van der Waals surface area contributed by atoms with Crippen molar-refractivity contribution >= 4 is 0 Å². The van der Waals surface area contributed by atoms with Gasteiger partial charge in [-0.05, 0) is 72.1 Å². The Bertz CT molecular complexity index is 267. The van der Waals surface area contributed by atoms with Gasteiger partial charge in [0.25, 0.3) is 0 Å². The Morgan fingerprint density at radius 1 is 1.39 bits per heavy atom. The van der Waals surface area contributed by atoms with Crippen LogP contribution in [0.1, 0.15) is 46.0 Å². The fourth-order valence-corrected chi connectivity index (χ4v) is 2.62. The number of hydrogen-bond acceptors (Lipinski definition) is 3. The van der Waals surface area contributed by atoms with E-state index in [1.807, 2.05) is 13.8 Å². The third-order valence-corrected chi connectivity index (χ3v) is 3.86. The molecular weight excluding hydrogens is 222 g/mol. The molecule has 1 fully saturated rings. The Morgan fingerprint density at radius 3 is 2.83 bits per heavy atom. The minimum atomic E-state index is -0.147. The first-order valence-corrected chi connectivity index (χ1v) is 7.34. The van der Waals surface area contributed by atoms with Crippen LogP contribution < -0.4 is 5.32 Å². The highest BCUT2D eigenvalue weighted by Crippen LogP contribution is 2.21. The van der Waals surface area contributed by atoms with E-state index in [-0.39, 0.29) is 5.41 Å². The van der Waals surface area contributed by atoms with Gasteiger partial charge in [0, 0.05) is 6.54 Å². The van der Waals surface area contributed by atoms with Crippen LogP contribution in [0, 0.1) is 22.7 Å². The van der Waals surface area contributed by atoms with Gasteiger partial charge in [-0.15, -0.1) is 0 Å². The summed E-state index contributed by atoms with van der Waals surface area (Å²) in [6.45, 7) is 8.82. The molecular formula is C15H29N3. The number of unbranched alkanes of at least 4 members (excludes halogenated alkanes) is 1. The fraction of sp³-hybridized carbons (Fsp3) is 0.933. The van der Waals surface area contributed by atoms with Crippen molar-refractivity contribution < 1.29 is 0 Å². The molecule has 0 radical (unpaired) electrons. The van der Waals surface area contributed by atoms with E-state index in [0.717, 1.165) is 31.8 Å². The Balaban J connectivity index is 1.97. The summed E-state index contributed by atoms with van der Waals surface area (Å²) in [5, 5.41) is 12.5. The van der Waals surface area contributed by atoms with Gasteiger partial charge in [-0.1, -0.05) is 6.42 Å². The van der Waals surface area contributed by atoms with Crippen LogP contribution in [-0.4, -0.2) is 38.1 Å². The molecule has 0 saturated carbocycles. The number of rotatable bonds is 7. The molecule has 104 valence electrons. The van der Waals surface area contributed by atoms with Crippen molar-refractivity contribution in [2.45, 2.75) is 46.0 Å². The van der Waals surface area contributed by atoms with Gasteiger partial charge in [-0.25, -0.2) is 0 Å². The maximum Gasteiger partial charge on any atom is 0.0683 e. The van der Waals surface area contributed by atoms with Gasteiger partial charge < -0.3 is 10.2 Å². The van der Waals surface area contributed by atoms with E-state index >= 15 is 0 Å². The SMILES string of the molecule is CN1CCCC(CNCCCCC(C)(C)C#N)C1. The number of piperidine rings is 1. The maximum absolute atomic E-state index is 8.92. The third-order valence-electron chi connectivity index (χ3n) is 3.86. The topological polar surface area (TPSA) is 39.1 Å². The van der Waals surface area contributed by atoms with Crippen LogP contribution >= 0.6 is 0 Å². The minimum Gasteiger partial charge on any atom is -0.316 e. The fourth-order valence-electron chi connectivity index (χ4n) is 2.62. The lowest BCUT2D eigenvalue weighted by Crippen LogP contribution is -2.37. The molecule has 1 heterocycles. The smallest absolute Gasteiger partial charge is 0.0683 e. The maximum atomic E-state index is 8.92. The van der Waals surface area contributed by atoms with E-state index in [9.17, 15) is 0 Å². The Labute approximate surface area is 113 Å². The van der Waals surface area contributed by atoms with Gasteiger partial charge in [-0.2, -0.15) is 5.26 Å². The lowest BCUT2D eigenvalue weighted by atomic mass is 9.89. The average molecular weight is 251 g/mol. The van der Waals surface area contributed by atoms with Gasteiger partial charge >= 0.3 is 0 Å². The van der Waals surface area contributed by atoms with E-state index in [1.54, 1.807) is 0 Å². The normalized spacial score (nSPS) is 21.8. The molecule has 18 heavy (non-hydrogen) atoms. The highest BCUT2D eigenvalue weighted by molar-refractivity contribution is 4.91. The molecule has 3 heteroatoms. The van der Waals surface area contributed by atoms with Gasteiger partial charge in [0.15, 0.2) is 0 Å². The summed E-state index contributed by atoms with van der Waals surface area (Å²) in [6.07, 6.45) is 6.07. The molecule has 0 aromatic rings. The first kappa shape index (κ1) is 15.5. The standard InChI is InChI=1S/C15H29N3/c1-15(2,13-16)8-4-5-9-17-11-14-7-6-10-18(3)12-14/h14,17H,4-12H2,1-3H3. The van der Waals surface area contributed by atoms with Crippen molar-refractivity contribution in [2.24, 2.45) is 11.3 Å². The summed E-state index contributed by atoms with van der Waals surface area (Å²) in [7, 11) is 2.22. The number of nitriles is 1. The number of nitrogens with zero attached hydrogens (tertiary/aromatic N) is 2. The van der Waals surface area contributed by atoms with E-state index in [0.29, 0.717) is 0 Å². The van der Waals surface area contributed by atoms with E-state index in [2.05, 4.69) is 23.3 Å². The monoisotopic (exact) mass is 251 g/mol. The van der Waals surface area contributed by atoms with Crippen LogP contribution in [0.25, 0.3) is 0 Å². The second kappa shape index (κ2) is 7.76. The van der Waals surface area contributed by atoms with Crippen LogP contribution in [0.2, 0.25) is 0 Å². The van der Waals surface area contributed by atoms with Crippen molar-refractivity contribution in [3.63, 3.8) is 0 Å². The molecule has 3 nitrogen and oxygen atoms in total. The molecule has 1 aliphatic heterocycles. The first-order chi connectivity index (χ1) is 8.53. The second-order valence-electron chi connectivity index (χ2n) is 6.43. The molecule has 0 amide bonds. The van der Waals surface area contributed by atoms with Gasteiger partial charge in [-0.3, -0.25) is 0 Å². The van der Waals surface area contributed by atoms with E-state index < -0.39 is 0 Å². The molecule has 1 saturated heterocycles. The summed E-state index contributed by atoms with van der Waals surface area (Å²) >= 11 is 0. The minimum absolute atomic E-state index is 0.147. The van der Waals surface area contributed by atoms with Gasteiger partial charge in [0.2, 0.25) is 0 Å². The van der Waals surface area contributed by atoms with Crippen LogP contribution in [-0.2, 0) is 0 Å². The number of nitrogens with one attached hydrogen (secondary N) is 1. The highest BCUT2D eigenvalue weighted by Gasteiger charge is 2.17. The Morgan fingerprint density at radius 2 is 2.17 bits per heavy atom. The number of likely N-dealkylation sites (tertiary alicyclic amines) is 1. The Kier molecular flexibility index (Phi) is 6.67. The zero-order chi connectivity index (χ0) is 13.4. The highest BCUT2D eigenvalue weighted by atomic mass is 15.1. The van der Waals surface area contributed by atoms with Crippen LogP contribution in [0.4, 0.5) is 0 Å². The molecule has 1 unspecified atom stereocenters. The second-order valence-corrected chi connectivity index (χ2v) is 6.43. The lowest BCUT2D eigenvalue weighted by molar-refractivity contribution is 0.206. The molecule has 1 aliphatic rings. The third kappa shape index (κ3) is 6.37. The molecule has 1 rings (SSSR count). The summed E-state index contributed by atoms with van der Waals surface area (Å²) < 4.78 is 0. The predicted octanol–water partition coefficient (Wildman–Crippen LogP) is 2.64. The Hall–Kier alpha value is -0.590. The van der Waals surface area contributed by atoms with Crippen molar-refractivity contribution in [1.29, 1.82) is 5.26 Å². The van der Waals surface area contributed by atoms with E-state index in [1.165, 1.54) is 32.4 Å². The summed E-state index contributed by atoms with van der Waals surface area (Å²) in [5.41, 5.74) is -0.147. The van der Waals surface area contributed by atoms with Gasteiger partial charge in [0.1, 0.15) is 0 Å². The van der Waals surface area contributed by atoms with Gasteiger partial charge in [0.05, 0.1) is 11.5 Å². The molecule has 0 aromatic heterocycles. The first-order valence-electron chi connectivity index (χ1n) is 7.34. The summed E-state index contributed by atoms with van der Waals surface area (Å²) in [6, 6.07) is 2.36. The predicted molar refractivity (Wildman–Crippen MR) is 76.3 cm³/mol. The van der Waals surface area contributed by atoms with Crippen molar-refractivity contribution in [3.05, 3.63) is 0 Å². The molecule has 0 aliphatic carbocycles. The molecule has 1 N–H and O–H groups in total. The number of hydrogen-bond donors (Lipinski definition) is 1. The quantitative estimate of drug-likeness (QED) is 0.707. The summed E-state index contributed by atoms with van der Waals surface area (Å²) in [5.74, 6) is 0.833. The molecule has 0 bridgehead atoms. The van der Waals surface area contributed by atoms with Crippen LogP contribution in [0.15, 0.2) is 0 Å². The van der Waals surface area contributed by atoms with Crippen molar-refractivity contribution in [3.8, 4) is 6.07 Å². The van der Waals surface area contributed by atoms with Crippen LogP contribution in [0.3, 0.4) is 0 Å². The molecule has 0 spiro atoms. The zero-order valence-corrected chi connectivity index (χ0v) is 12.3. The summed E-state index contributed by atoms with van der Waals surface area (Å²) in [4.78, 5) is 2.44. The van der Waals surface area contributed by atoms with Crippen molar-refractivity contribution in [1.82, 2.24) is 10.2 Å².